The SMILES string of the molecule is COC(=O)c1ccc([C@H]2Nc3ccc(S(=O)(=O)Nc4cc(Cl)cc(Cl)c4)cc3[C@H]3C=CC[C@H]32)cc1. The van der Waals surface area contributed by atoms with Gasteiger partial charge in [0, 0.05) is 21.7 Å². The zero-order valence-corrected chi connectivity index (χ0v) is 21.0. The fourth-order valence-electron chi connectivity index (χ4n) is 4.84. The summed E-state index contributed by atoms with van der Waals surface area (Å²) in [7, 11) is -2.49. The van der Waals surface area contributed by atoms with Gasteiger partial charge in [0.2, 0.25) is 0 Å². The normalized spacial score (nSPS) is 20.5. The molecule has 0 amide bonds. The lowest BCUT2D eigenvalue weighted by Gasteiger charge is -2.37. The standard InChI is InChI=1S/C26H22Cl2N2O4S/c1-34-26(31)16-7-5-15(6-8-16)25-22-4-2-3-21(22)23-14-20(9-10-24(23)29-25)35(32,33)30-19-12-17(27)11-18(28)13-19/h2-3,5-14,21-22,25,29-30H,4H2,1H3/t21-,22+,25+/m0/s1. The maximum atomic E-state index is 13.1. The average Bonchev–Trinajstić information content (AvgIpc) is 3.32. The lowest BCUT2D eigenvalue weighted by Crippen LogP contribution is -2.29. The molecule has 3 aromatic rings. The van der Waals surface area contributed by atoms with E-state index in [2.05, 4.69) is 22.2 Å². The molecule has 0 saturated carbocycles. The van der Waals surface area contributed by atoms with Crippen LogP contribution in [0.4, 0.5) is 11.4 Å². The Labute approximate surface area is 214 Å². The predicted molar refractivity (Wildman–Crippen MR) is 138 cm³/mol. The van der Waals surface area contributed by atoms with Gasteiger partial charge in [0.25, 0.3) is 10.0 Å². The molecule has 1 aliphatic carbocycles. The van der Waals surface area contributed by atoms with Gasteiger partial charge < -0.3 is 10.1 Å². The van der Waals surface area contributed by atoms with Crippen LogP contribution in [-0.4, -0.2) is 21.5 Å². The number of nitrogens with one attached hydrogen (secondary N) is 2. The van der Waals surface area contributed by atoms with E-state index in [1.54, 1.807) is 30.3 Å². The summed E-state index contributed by atoms with van der Waals surface area (Å²) in [4.78, 5) is 12.0. The Morgan fingerprint density at radius 3 is 2.43 bits per heavy atom. The first kappa shape index (κ1) is 23.7. The van der Waals surface area contributed by atoms with Crippen LogP contribution in [0, 0.1) is 5.92 Å². The molecule has 9 heteroatoms. The van der Waals surface area contributed by atoms with E-state index in [9.17, 15) is 13.2 Å². The van der Waals surface area contributed by atoms with Crippen LogP contribution in [0.1, 0.15) is 39.9 Å². The third-order valence-electron chi connectivity index (χ3n) is 6.45. The summed E-state index contributed by atoms with van der Waals surface area (Å²) < 4.78 is 33.6. The molecule has 0 radical (unpaired) electrons. The zero-order valence-electron chi connectivity index (χ0n) is 18.7. The molecule has 0 spiro atoms. The molecule has 1 aliphatic heterocycles. The number of anilines is 2. The monoisotopic (exact) mass is 528 g/mol. The molecule has 1 heterocycles. The number of fused-ring (bicyclic) bond motifs is 3. The summed E-state index contributed by atoms with van der Waals surface area (Å²) in [5.41, 5.74) is 3.66. The van der Waals surface area contributed by atoms with Crippen LogP contribution >= 0.6 is 23.2 Å². The van der Waals surface area contributed by atoms with Crippen molar-refractivity contribution in [2.45, 2.75) is 23.3 Å². The minimum absolute atomic E-state index is 0.0170. The highest BCUT2D eigenvalue weighted by atomic mass is 35.5. The Kier molecular flexibility index (Phi) is 6.25. The first-order valence-corrected chi connectivity index (χ1v) is 13.2. The van der Waals surface area contributed by atoms with Gasteiger partial charge in [-0.1, -0.05) is 47.5 Å². The molecular weight excluding hydrogens is 507 g/mol. The van der Waals surface area contributed by atoms with Crippen molar-refractivity contribution in [1.29, 1.82) is 0 Å². The van der Waals surface area contributed by atoms with E-state index in [-0.39, 0.29) is 28.7 Å². The van der Waals surface area contributed by atoms with Crippen molar-refractivity contribution in [3.05, 3.63) is 99.6 Å². The molecule has 0 unspecified atom stereocenters. The summed E-state index contributed by atoms with van der Waals surface area (Å²) in [6, 6.07) is 17.1. The van der Waals surface area contributed by atoms with Crippen molar-refractivity contribution < 1.29 is 17.9 Å². The number of hydrogen-bond acceptors (Lipinski definition) is 5. The van der Waals surface area contributed by atoms with Gasteiger partial charge >= 0.3 is 5.97 Å². The number of esters is 1. The van der Waals surface area contributed by atoms with Gasteiger partial charge in [-0.05, 0) is 72.0 Å². The van der Waals surface area contributed by atoms with Gasteiger partial charge in [-0.15, -0.1) is 0 Å². The van der Waals surface area contributed by atoms with Crippen molar-refractivity contribution in [1.82, 2.24) is 0 Å². The van der Waals surface area contributed by atoms with Crippen LogP contribution < -0.4 is 10.0 Å². The fourth-order valence-corrected chi connectivity index (χ4v) is 6.44. The van der Waals surface area contributed by atoms with Gasteiger partial charge in [-0.2, -0.15) is 0 Å². The van der Waals surface area contributed by atoms with Gasteiger partial charge in [0.1, 0.15) is 0 Å². The first-order chi connectivity index (χ1) is 16.7. The van der Waals surface area contributed by atoms with Crippen LogP contribution in [0.15, 0.2) is 77.7 Å². The number of methoxy groups -OCH3 is 1. The number of ether oxygens (including phenoxy) is 1. The van der Waals surface area contributed by atoms with E-state index < -0.39 is 10.0 Å². The van der Waals surface area contributed by atoms with Crippen molar-refractivity contribution in [2.24, 2.45) is 5.92 Å². The Hall–Kier alpha value is -3.00. The third-order valence-corrected chi connectivity index (χ3v) is 8.27. The average molecular weight is 529 g/mol. The lowest BCUT2D eigenvalue weighted by atomic mass is 9.77. The zero-order chi connectivity index (χ0) is 24.7. The van der Waals surface area contributed by atoms with Crippen LogP contribution in [0.3, 0.4) is 0 Å². The van der Waals surface area contributed by atoms with E-state index in [1.807, 2.05) is 12.1 Å². The maximum Gasteiger partial charge on any atom is 0.337 e. The van der Waals surface area contributed by atoms with Gasteiger partial charge in [0.15, 0.2) is 0 Å². The molecule has 35 heavy (non-hydrogen) atoms. The predicted octanol–water partition coefficient (Wildman–Crippen LogP) is 6.41. The molecule has 0 fully saturated rings. The quantitative estimate of drug-likeness (QED) is 0.295. The van der Waals surface area contributed by atoms with Gasteiger partial charge in [0.05, 0.1) is 29.3 Å². The first-order valence-electron chi connectivity index (χ1n) is 11.0. The molecular formula is C26H22Cl2N2O4S. The van der Waals surface area contributed by atoms with Crippen molar-refractivity contribution >= 4 is 50.6 Å². The number of halogens is 2. The third kappa shape index (κ3) is 4.63. The molecule has 2 aliphatic rings. The van der Waals surface area contributed by atoms with E-state index in [1.165, 1.54) is 25.3 Å². The number of carbonyl (C=O) groups is 1. The second-order valence-corrected chi connectivity index (χ2v) is 11.2. The second kappa shape index (κ2) is 9.22. The van der Waals surface area contributed by atoms with Crippen molar-refractivity contribution in [2.75, 3.05) is 17.1 Å². The van der Waals surface area contributed by atoms with Crippen LogP contribution in [0.2, 0.25) is 10.0 Å². The van der Waals surface area contributed by atoms with E-state index in [0.29, 0.717) is 21.3 Å². The summed E-state index contributed by atoms with van der Waals surface area (Å²) in [5.74, 6) is -0.0993. The molecule has 2 N–H and O–H groups in total. The summed E-state index contributed by atoms with van der Waals surface area (Å²) >= 11 is 12.0. The molecule has 0 aromatic heterocycles. The number of allylic oxidation sites excluding steroid dienone is 2. The van der Waals surface area contributed by atoms with Crippen molar-refractivity contribution in [3.8, 4) is 0 Å². The number of hydrogen-bond donors (Lipinski definition) is 2. The number of benzene rings is 3. The minimum Gasteiger partial charge on any atom is -0.465 e. The van der Waals surface area contributed by atoms with E-state index >= 15 is 0 Å². The van der Waals surface area contributed by atoms with Crippen molar-refractivity contribution in [3.63, 3.8) is 0 Å². The molecule has 5 rings (SSSR count). The highest BCUT2D eigenvalue weighted by molar-refractivity contribution is 7.92. The largest absolute Gasteiger partial charge is 0.465 e. The van der Waals surface area contributed by atoms with Gasteiger partial charge in [-0.25, -0.2) is 13.2 Å². The molecule has 3 atom stereocenters. The Morgan fingerprint density at radius 1 is 1.03 bits per heavy atom. The molecule has 3 aromatic carbocycles. The minimum atomic E-state index is -3.85. The molecule has 0 bridgehead atoms. The second-order valence-electron chi connectivity index (χ2n) is 8.60. The van der Waals surface area contributed by atoms with E-state index in [4.69, 9.17) is 27.9 Å². The maximum absolute atomic E-state index is 13.1. The molecule has 180 valence electrons. The summed E-state index contributed by atoms with van der Waals surface area (Å²) in [6.45, 7) is 0. The highest BCUT2D eigenvalue weighted by Gasteiger charge is 2.38. The van der Waals surface area contributed by atoms with Gasteiger partial charge in [-0.3, -0.25) is 4.72 Å². The Bertz CT molecular complexity index is 1420. The van der Waals surface area contributed by atoms with Crippen LogP contribution in [0.25, 0.3) is 0 Å². The lowest BCUT2D eigenvalue weighted by molar-refractivity contribution is 0.0600. The number of sulfonamides is 1. The molecule has 0 saturated heterocycles. The number of rotatable bonds is 5. The molecule has 6 nitrogen and oxygen atoms in total. The fraction of sp³-hybridized carbons (Fsp3) is 0.192. The topological polar surface area (TPSA) is 84.5 Å². The van der Waals surface area contributed by atoms with E-state index in [0.717, 1.165) is 23.2 Å². The Morgan fingerprint density at radius 2 is 1.74 bits per heavy atom. The highest BCUT2D eigenvalue weighted by Crippen LogP contribution is 2.50. The number of carbonyl (C=O) groups excluding carboxylic acids is 1. The summed E-state index contributed by atoms with van der Waals surface area (Å²) in [6.07, 6.45) is 5.13. The van der Waals surface area contributed by atoms with Crippen LogP contribution in [0.5, 0.6) is 0 Å². The smallest absolute Gasteiger partial charge is 0.337 e. The summed E-state index contributed by atoms with van der Waals surface area (Å²) in [5, 5.41) is 4.27. The van der Waals surface area contributed by atoms with Crippen LogP contribution in [-0.2, 0) is 14.8 Å². The Balaban J connectivity index is 1.45.